The highest BCUT2D eigenvalue weighted by atomic mass is 14.6. The maximum absolute atomic E-state index is 6.09. The van der Waals surface area contributed by atoms with Crippen molar-refractivity contribution in [3.8, 4) is 0 Å². The van der Waals surface area contributed by atoms with Crippen molar-refractivity contribution < 1.29 is 0 Å². The largest absolute Gasteiger partial charge is 0.398 e. The Hall–Kier alpha value is -0.980. The summed E-state index contributed by atoms with van der Waals surface area (Å²) in [5, 5.41) is 0. The van der Waals surface area contributed by atoms with E-state index >= 15 is 0 Å². The summed E-state index contributed by atoms with van der Waals surface area (Å²) in [6.45, 7) is 11.2. The van der Waals surface area contributed by atoms with Crippen LogP contribution in [0.2, 0.25) is 0 Å². The number of hydrogen-bond donors (Lipinski definition) is 1. The number of nitrogen functional groups attached to an aromatic ring is 1. The first-order valence-corrected chi connectivity index (χ1v) is 7.25. The molecule has 18 heavy (non-hydrogen) atoms. The third-order valence-corrected chi connectivity index (χ3v) is 4.14. The molecule has 1 aromatic rings. The first-order valence-electron chi connectivity index (χ1n) is 7.25. The predicted molar refractivity (Wildman–Crippen MR) is 82.1 cm³/mol. The summed E-state index contributed by atoms with van der Waals surface area (Å²) in [6, 6.07) is 4.48. The molecule has 0 aliphatic carbocycles. The quantitative estimate of drug-likeness (QED) is 0.547. The highest BCUT2D eigenvalue weighted by molar-refractivity contribution is 5.53. The number of benzene rings is 1. The van der Waals surface area contributed by atoms with Crippen LogP contribution in [0, 0.1) is 13.8 Å². The Labute approximate surface area is 113 Å². The molecule has 102 valence electrons. The lowest BCUT2D eigenvalue weighted by Gasteiger charge is -2.27. The predicted octanol–water partition coefficient (Wildman–Crippen LogP) is 5.13. The Morgan fingerprint density at radius 1 is 1.06 bits per heavy atom. The van der Waals surface area contributed by atoms with Crippen LogP contribution in [0.3, 0.4) is 0 Å². The second kappa shape index (κ2) is 6.26. The highest BCUT2D eigenvalue weighted by Crippen LogP contribution is 2.32. The Balaban J connectivity index is 2.78. The summed E-state index contributed by atoms with van der Waals surface area (Å²) in [7, 11) is 0. The minimum Gasteiger partial charge on any atom is -0.398 e. The molecular formula is C17H29N. The Morgan fingerprint density at radius 3 is 2.28 bits per heavy atom. The van der Waals surface area contributed by atoms with Crippen molar-refractivity contribution in [1.29, 1.82) is 0 Å². The molecule has 0 aliphatic heterocycles. The van der Waals surface area contributed by atoms with E-state index < -0.39 is 0 Å². The van der Waals surface area contributed by atoms with Gasteiger partial charge in [-0.2, -0.15) is 0 Å². The van der Waals surface area contributed by atoms with Gasteiger partial charge >= 0.3 is 0 Å². The van der Waals surface area contributed by atoms with E-state index in [1.165, 1.54) is 48.8 Å². The van der Waals surface area contributed by atoms with Crippen molar-refractivity contribution in [3.63, 3.8) is 0 Å². The van der Waals surface area contributed by atoms with Crippen LogP contribution in [0.5, 0.6) is 0 Å². The molecule has 1 heteroatoms. The second-order valence-electron chi connectivity index (χ2n) is 6.20. The first kappa shape index (κ1) is 15.1. The molecule has 0 atom stereocenters. The molecule has 0 unspecified atom stereocenters. The zero-order valence-corrected chi connectivity index (χ0v) is 12.8. The minimum atomic E-state index is 0.236. The average Bonchev–Trinajstić information content (AvgIpc) is 2.31. The number of aryl methyl sites for hydroxylation is 1. The van der Waals surface area contributed by atoms with E-state index in [-0.39, 0.29) is 5.41 Å². The third kappa shape index (κ3) is 3.76. The van der Waals surface area contributed by atoms with Crippen molar-refractivity contribution >= 4 is 5.69 Å². The monoisotopic (exact) mass is 247 g/mol. The summed E-state index contributed by atoms with van der Waals surface area (Å²) >= 11 is 0. The van der Waals surface area contributed by atoms with Crippen LogP contribution in [-0.4, -0.2) is 0 Å². The summed E-state index contributed by atoms with van der Waals surface area (Å²) in [5.41, 5.74) is 11.2. The molecule has 0 saturated carbocycles. The molecule has 1 rings (SSSR count). The number of rotatable bonds is 6. The number of unbranched alkanes of at least 4 members (excludes halogenated alkanes) is 3. The molecular weight excluding hydrogens is 218 g/mol. The van der Waals surface area contributed by atoms with Crippen molar-refractivity contribution in [2.75, 3.05) is 5.73 Å². The van der Waals surface area contributed by atoms with E-state index in [9.17, 15) is 0 Å². The zero-order valence-electron chi connectivity index (χ0n) is 12.8. The molecule has 0 aliphatic rings. The minimum absolute atomic E-state index is 0.236. The van der Waals surface area contributed by atoms with Gasteiger partial charge in [0.15, 0.2) is 0 Å². The van der Waals surface area contributed by atoms with Gasteiger partial charge in [-0.25, -0.2) is 0 Å². The number of nitrogens with two attached hydrogens (primary N) is 1. The van der Waals surface area contributed by atoms with E-state index in [0.717, 1.165) is 5.69 Å². The molecule has 0 fully saturated rings. The molecule has 0 amide bonds. The van der Waals surface area contributed by atoms with Crippen LogP contribution in [0.15, 0.2) is 12.1 Å². The van der Waals surface area contributed by atoms with Gasteiger partial charge in [0.1, 0.15) is 0 Å². The van der Waals surface area contributed by atoms with Gasteiger partial charge in [-0.05, 0) is 48.4 Å². The SMILES string of the molecule is CCCCCCC(C)(C)c1cc(C)c(C)c(N)c1. The third-order valence-electron chi connectivity index (χ3n) is 4.14. The lowest BCUT2D eigenvalue weighted by Crippen LogP contribution is -2.18. The van der Waals surface area contributed by atoms with Gasteiger partial charge in [0.05, 0.1) is 0 Å². The van der Waals surface area contributed by atoms with Crippen molar-refractivity contribution in [3.05, 3.63) is 28.8 Å². The lowest BCUT2D eigenvalue weighted by atomic mass is 9.78. The highest BCUT2D eigenvalue weighted by Gasteiger charge is 2.21. The van der Waals surface area contributed by atoms with Crippen molar-refractivity contribution in [2.45, 2.75) is 72.1 Å². The van der Waals surface area contributed by atoms with Gasteiger partial charge in [-0.1, -0.05) is 52.5 Å². The fraction of sp³-hybridized carbons (Fsp3) is 0.647. The standard InChI is InChI=1S/C17H29N/c1-6-7-8-9-10-17(4,5)15-11-13(2)14(3)16(18)12-15/h11-12H,6-10,18H2,1-5H3. The van der Waals surface area contributed by atoms with E-state index in [1.807, 2.05) is 0 Å². The number of anilines is 1. The van der Waals surface area contributed by atoms with Gasteiger partial charge in [0.25, 0.3) is 0 Å². The van der Waals surface area contributed by atoms with Gasteiger partial charge < -0.3 is 5.73 Å². The molecule has 1 aromatic carbocycles. The van der Waals surface area contributed by atoms with Gasteiger partial charge in [-0.3, -0.25) is 0 Å². The normalized spacial score (nSPS) is 11.8. The number of hydrogen-bond acceptors (Lipinski definition) is 1. The topological polar surface area (TPSA) is 26.0 Å². The van der Waals surface area contributed by atoms with Crippen LogP contribution < -0.4 is 5.73 Å². The van der Waals surface area contributed by atoms with Crippen LogP contribution in [0.1, 0.15) is 69.6 Å². The van der Waals surface area contributed by atoms with E-state index in [1.54, 1.807) is 0 Å². The first-order chi connectivity index (χ1) is 8.38. The molecule has 0 heterocycles. The van der Waals surface area contributed by atoms with E-state index in [4.69, 9.17) is 5.73 Å². The zero-order chi connectivity index (χ0) is 13.8. The van der Waals surface area contributed by atoms with Crippen molar-refractivity contribution in [1.82, 2.24) is 0 Å². The van der Waals surface area contributed by atoms with Crippen LogP contribution in [-0.2, 0) is 5.41 Å². The smallest absolute Gasteiger partial charge is 0.0349 e. The molecule has 2 N–H and O–H groups in total. The fourth-order valence-electron chi connectivity index (χ4n) is 2.42. The van der Waals surface area contributed by atoms with Gasteiger partial charge in [-0.15, -0.1) is 0 Å². The fourth-order valence-corrected chi connectivity index (χ4v) is 2.42. The molecule has 1 nitrogen and oxygen atoms in total. The molecule has 0 radical (unpaired) electrons. The van der Waals surface area contributed by atoms with E-state index in [0.29, 0.717) is 0 Å². The Bertz CT molecular complexity index is 368. The summed E-state index contributed by atoms with van der Waals surface area (Å²) < 4.78 is 0. The molecule has 0 spiro atoms. The average molecular weight is 247 g/mol. The van der Waals surface area contributed by atoms with Gasteiger partial charge in [0, 0.05) is 5.69 Å². The Morgan fingerprint density at radius 2 is 1.72 bits per heavy atom. The van der Waals surface area contributed by atoms with E-state index in [2.05, 4.69) is 46.8 Å². The molecule has 0 bridgehead atoms. The Kier molecular flexibility index (Phi) is 5.25. The lowest BCUT2D eigenvalue weighted by molar-refractivity contribution is 0.446. The maximum atomic E-state index is 6.09. The molecule has 0 saturated heterocycles. The summed E-state index contributed by atoms with van der Waals surface area (Å²) in [6.07, 6.45) is 6.56. The summed E-state index contributed by atoms with van der Waals surface area (Å²) in [4.78, 5) is 0. The van der Waals surface area contributed by atoms with Crippen LogP contribution in [0.25, 0.3) is 0 Å². The second-order valence-corrected chi connectivity index (χ2v) is 6.20. The van der Waals surface area contributed by atoms with Crippen molar-refractivity contribution in [2.24, 2.45) is 0 Å². The van der Waals surface area contributed by atoms with Gasteiger partial charge in [0.2, 0.25) is 0 Å². The van der Waals surface area contributed by atoms with Crippen LogP contribution in [0.4, 0.5) is 5.69 Å². The maximum Gasteiger partial charge on any atom is 0.0349 e. The summed E-state index contributed by atoms with van der Waals surface area (Å²) in [5.74, 6) is 0. The molecule has 0 aromatic heterocycles. The van der Waals surface area contributed by atoms with Crippen LogP contribution >= 0.6 is 0 Å².